The zero-order valence-electron chi connectivity index (χ0n) is 30.5. The van der Waals surface area contributed by atoms with Gasteiger partial charge in [-0.15, -0.1) is 0 Å². The molecule has 1 N–H and O–H groups in total. The number of sulfone groups is 2. The van der Waals surface area contributed by atoms with Crippen molar-refractivity contribution in [3.63, 3.8) is 0 Å². The Morgan fingerprint density at radius 1 is 0.632 bits per heavy atom. The molecular formula is C41H32F2N4O8S2. The fraction of sp³-hybridized carbons (Fsp3) is 0.122. The molecule has 0 fully saturated rings. The van der Waals surface area contributed by atoms with Crippen molar-refractivity contribution in [3.05, 3.63) is 166 Å². The Labute approximate surface area is 327 Å². The number of carbonyl (C=O) groups is 2. The minimum absolute atomic E-state index is 0.0228. The zero-order chi connectivity index (χ0) is 41.3. The van der Waals surface area contributed by atoms with Crippen molar-refractivity contribution in [1.82, 2.24) is 19.6 Å². The molecule has 4 aromatic carbocycles. The highest BCUT2D eigenvalue weighted by Crippen LogP contribution is 2.23. The van der Waals surface area contributed by atoms with Gasteiger partial charge in [-0.1, -0.05) is 23.7 Å². The highest BCUT2D eigenvalue weighted by atomic mass is 32.2. The number of carbonyl (C=O) groups excluding carboxylic acids is 1. The average molecular weight is 811 g/mol. The third-order valence-electron chi connectivity index (χ3n) is 7.88. The van der Waals surface area contributed by atoms with Crippen LogP contribution in [0.2, 0.25) is 0 Å². The molecule has 0 saturated heterocycles. The topological polar surface area (TPSA) is 168 Å². The van der Waals surface area contributed by atoms with Gasteiger partial charge in [0.05, 0.1) is 50.9 Å². The van der Waals surface area contributed by atoms with Crippen LogP contribution in [0.15, 0.2) is 119 Å². The second kappa shape index (κ2) is 17.7. The van der Waals surface area contributed by atoms with E-state index >= 15 is 0 Å². The number of halogens is 2. The number of methoxy groups -OCH3 is 1. The van der Waals surface area contributed by atoms with Gasteiger partial charge in [-0.3, -0.25) is 9.36 Å². The fourth-order valence-electron chi connectivity index (χ4n) is 5.15. The Morgan fingerprint density at radius 2 is 1.04 bits per heavy atom. The standard InChI is InChI=1S/C21H17FN2O4S.C20H15FN2O4S/c1-24-12-11-19(23-24)14-29(26,27)20-10-7-17(21(25)28-2)13-16(20)6-3-15-4-8-18(22)9-5-15;1-23-11-10-18(22-23)13-28(26,27)19-9-6-16(20(24)25)12-15(19)5-2-14-3-7-17(21)8-4-14/h4-5,7-13H,14H2,1-2H3;3-4,6-12H,13H2,1H3,(H,24,25). The van der Waals surface area contributed by atoms with Crippen molar-refractivity contribution in [3.8, 4) is 23.7 Å². The van der Waals surface area contributed by atoms with Gasteiger partial charge in [0.15, 0.2) is 19.7 Å². The third kappa shape index (κ3) is 11.1. The van der Waals surface area contributed by atoms with Gasteiger partial charge in [0.1, 0.15) is 11.6 Å². The molecule has 2 aromatic heterocycles. The predicted octanol–water partition coefficient (Wildman–Crippen LogP) is 5.35. The average Bonchev–Trinajstić information content (AvgIpc) is 3.78. The molecule has 2 heterocycles. The van der Waals surface area contributed by atoms with Crippen LogP contribution in [0, 0.1) is 35.3 Å². The molecule has 0 radical (unpaired) electrons. The molecule has 0 amide bonds. The lowest BCUT2D eigenvalue weighted by molar-refractivity contribution is 0.0599. The molecule has 0 aliphatic carbocycles. The van der Waals surface area contributed by atoms with Gasteiger partial charge in [0.25, 0.3) is 0 Å². The summed E-state index contributed by atoms with van der Waals surface area (Å²) in [5.41, 5.74) is 2.02. The van der Waals surface area contributed by atoms with Gasteiger partial charge in [0, 0.05) is 48.7 Å². The van der Waals surface area contributed by atoms with E-state index in [4.69, 9.17) is 4.74 Å². The van der Waals surface area contributed by atoms with E-state index in [1.807, 2.05) is 0 Å². The maximum Gasteiger partial charge on any atom is 0.337 e. The molecule has 16 heteroatoms. The lowest BCUT2D eigenvalue weighted by atomic mass is 10.1. The summed E-state index contributed by atoms with van der Waals surface area (Å²) in [5.74, 6) is 7.75. The molecule has 6 rings (SSSR count). The number of carboxylic acids is 1. The number of nitrogens with zero attached hydrogens (tertiary/aromatic N) is 4. The Balaban J connectivity index is 0.000000218. The normalized spacial score (nSPS) is 10.9. The number of carboxylic acid groups (broad SMARTS) is 1. The summed E-state index contributed by atoms with van der Waals surface area (Å²) in [5, 5.41) is 17.4. The number of benzene rings is 4. The summed E-state index contributed by atoms with van der Waals surface area (Å²) in [6, 6.07) is 21.8. The van der Waals surface area contributed by atoms with Crippen LogP contribution in [0.3, 0.4) is 0 Å². The van der Waals surface area contributed by atoms with Crippen LogP contribution in [0.1, 0.15) is 54.4 Å². The van der Waals surface area contributed by atoms with E-state index in [1.54, 1.807) is 38.6 Å². The molecule has 0 aliphatic rings. The van der Waals surface area contributed by atoms with E-state index in [2.05, 4.69) is 33.9 Å². The van der Waals surface area contributed by atoms with E-state index in [0.29, 0.717) is 22.5 Å². The first-order valence-electron chi connectivity index (χ1n) is 16.6. The van der Waals surface area contributed by atoms with E-state index in [0.717, 1.165) is 0 Å². The monoisotopic (exact) mass is 810 g/mol. The lowest BCUT2D eigenvalue weighted by Gasteiger charge is -2.08. The number of aromatic carboxylic acids is 1. The Morgan fingerprint density at radius 3 is 1.40 bits per heavy atom. The van der Waals surface area contributed by atoms with E-state index in [-0.39, 0.29) is 43.6 Å². The smallest absolute Gasteiger partial charge is 0.337 e. The number of aromatic nitrogens is 4. The Kier molecular flexibility index (Phi) is 12.8. The molecule has 0 bridgehead atoms. The summed E-state index contributed by atoms with van der Waals surface area (Å²) < 4.78 is 85.4. The summed E-state index contributed by atoms with van der Waals surface area (Å²) in [4.78, 5) is 23.0. The first-order chi connectivity index (χ1) is 27.0. The number of rotatable bonds is 8. The quantitative estimate of drug-likeness (QED) is 0.156. The van der Waals surface area contributed by atoms with Crippen LogP contribution in [-0.2, 0) is 50.0 Å². The molecule has 290 valence electrons. The Bertz CT molecular complexity index is 2810. The number of aryl methyl sites for hydroxylation is 2. The van der Waals surface area contributed by atoms with Crippen molar-refractivity contribution in [2.75, 3.05) is 7.11 Å². The molecule has 0 aliphatic heterocycles. The van der Waals surface area contributed by atoms with E-state index < -0.39 is 43.2 Å². The number of hydrogen-bond donors (Lipinski definition) is 1. The van der Waals surface area contributed by atoms with Crippen LogP contribution in [-0.4, -0.2) is 60.6 Å². The summed E-state index contributed by atoms with van der Waals surface area (Å²) in [6.07, 6.45) is 3.29. The van der Waals surface area contributed by atoms with Crippen LogP contribution < -0.4 is 0 Å². The number of esters is 1. The van der Waals surface area contributed by atoms with Gasteiger partial charge in [-0.2, -0.15) is 10.2 Å². The van der Waals surface area contributed by atoms with Crippen molar-refractivity contribution >= 4 is 31.6 Å². The van der Waals surface area contributed by atoms with Gasteiger partial charge < -0.3 is 9.84 Å². The van der Waals surface area contributed by atoms with E-state index in [1.165, 1.54) is 101 Å². The largest absolute Gasteiger partial charge is 0.478 e. The van der Waals surface area contributed by atoms with Crippen LogP contribution >= 0.6 is 0 Å². The third-order valence-corrected chi connectivity index (χ3v) is 11.3. The summed E-state index contributed by atoms with van der Waals surface area (Å²) >= 11 is 0. The van der Waals surface area contributed by atoms with Crippen molar-refractivity contribution < 1.29 is 45.0 Å². The van der Waals surface area contributed by atoms with Crippen LogP contribution in [0.25, 0.3) is 0 Å². The molecule has 0 spiro atoms. The highest BCUT2D eigenvalue weighted by molar-refractivity contribution is 7.91. The summed E-state index contributed by atoms with van der Waals surface area (Å²) in [6.45, 7) is 0. The first-order valence-corrected chi connectivity index (χ1v) is 19.9. The Hall–Kier alpha value is -6.88. The van der Waals surface area contributed by atoms with Gasteiger partial charge >= 0.3 is 11.9 Å². The van der Waals surface area contributed by atoms with Crippen LogP contribution in [0.4, 0.5) is 8.78 Å². The van der Waals surface area contributed by atoms with Gasteiger partial charge in [-0.25, -0.2) is 35.2 Å². The molecule has 6 aromatic rings. The van der Waals surface area contributed by atoms with E-state index in [9.17, 15) is 40.3 Å². The lowest BCUT2D eigenvalue weighted by Crippen LogP contribution is -2.10. The molecule has 57 heavy (non-hydrogen) atoms. The maximum atomic E-state index is 13.1. The minimum atomic E-state index is -3.82. The number of ether oxygens (including phenoxy) is 1. The van der Waals surface area contributed by atoms with Crippen molar-refractivity contribution in [2.45, 2.75) is 21.3 Å². The van der Waals surface area contributed by atoms with Crippen LogP contribution in [0.5, 0.6) is 0 Å². The second-order valence-corrected chi connectivity index (χ2v) is 16.1. The molecule has 0 atom stereocenters. The molecule has 0 unspecified atom stereocenters. The zero-order valence-corrected chi connectivity index (χ0v) is 32.1. The fourth-order valence-corrected chi connectivity index (χ4v) is 7.98. The van der Waals surface area contributed by atoms with Gasteiger partial charge in [-0.05, 0) is 97.1 Å². The molecule has 0 saturated carbocycles. The van der Waals surface area contributed by atoms with Gasteiger partial charge in [0.2, 0.25) is 0 Å². The van der Waals surface area contributed by atoms with Crippen molar-refractivity contribution in [2.24, 2.45) is 14.1 Å². The first kappa shape index (κ1) is 41.3. The molecular weight excluding hydrogens is 779 g/mol. The number of hydrogen-bond acceptors (Lipinski definition) is 9. The minimum Gasteiger partial charge on any atom is -0.478 e. The summed E-state index contributed by atoms with van der Waals surface area (Å²) in [7, 11) is -2.99. The SMILES string of the molecule is COC(=O)c1ccc(S(=O)(=O)Cc2ccn(C)n2)c(C#Cc2ccc(F)cc2)c1.Cn1ccc(CS(=O)(=O)c2ccc(C(=O)O)cc2C#Cc2ccc(F)cc2)n1. The molecule has 12 nitrogen and oxygen atoms in total. The maximum absolute atomic E-state index is 13.1. The van der Waals surface area contributed by atoms with Crippen molar-refractivity contribution in [1.29, 1.82) is 0 Å². The highest BCUT2D eigenvalue weighted by Gasteiger charge is 2.23. The second-order valence-electron chi connectivity index (χ2n) is 12.2. The predicted molar refractivity (Wildman–Crippen MR) is 204 cm³/mol.